The fourth-order valence-electron chi connectivity index (χ4n) is 3.63. The number of hydrogen-bond donors (Lipinski definition) is 1. The number of benzene rings is 2. The van der Waals surface area contributed by atoms with Gasteiger partial charge in [-0.15, -0.1) is 0 Å². The van der Waals surface area contributed by atoms with Crippen LogP contribution >= 0.6 is 11.6 Å². The van der Waals surface area contributed by atoms with Crippen LogP contribution < -0.4 is 5.32 Å². The van der Waals surface area contributed by atoms with Gasteiger partial charge in [0.25, 0.3) is 0 Å². The van der Waals surface area contributed by atoms with Crippen molar-refractivity contribution in [2.45, 2.75) is 19.4 Å². The van der Waals surface area contributed by atoms with Crippen molar-refractivity contribution >= 4 is 29.1 Å². The van der Waals surface area contributed by atoms with E-state index < -0.39 is 0 Å². The maximum atomic E-state index is 12.7. The number of rotatable bonds is 5. The second-order valence-corrected chi connectivity index (χ2v) is 7.76. The summed E-state index contributed by atoms with van der Waals surface area (Å²) in [7, 11) is 0. The highest BCUT2D eigenvalue weighted by molar-refractivity contribution is 6.30. The summed E-state index contributed by atoms with van der Waals surface area (Å²) in [4.78, 5) is 30.7. The van der Waals surface area contributed by atoms with Gasteiger partial charge in [-0.1, -0.05) is 35.9 Å². The molecule has 0 aliphatic carbocycles. The van der Waals surface area contributed by atoms with Gasteiger partial charge in [0.15, 0.2) is 0 Å². The third-order valence-corrected chi connectivity index (χ3v) is 5.51. The number of halogens is 1. The van der Waals surface area contributed by atoms with E-state index in [0.29, 0.717) is 31.0 Å². The number of piperidine rings is 1. The summed E-state index contributed by atoms with van der Waals surface area (Å²) < 4.78 is 1.51. The molecule has 2 aromatic carbocycles. The Morgan fingerprint density at radius 3 is 2.50 bits per heavy atom. The lowest BCUT2D eigenvalue weighted by Crippen LogP contribution is -2.42. The molecule has 2 heterocycles. The van der Waals surface area contributed by atoms with Gasteiger partial charge in [0.05, 0.1) is 0 Å². The van der Waals surface area contributed by atoms with Gasteiger partial charge in [0.1, 0.15) is 19.2 Å². The molecule has 7 nitrogen and oxygen atoms in total. The Morgan fingerprint density at radius 1 is 1.07 bits per heavy atom. The first-order valence-electron chi connectivity index (χ1n) is 9.85. The third-order valence-electron chi connectivity index (χ3n) is 5.27. The number of aromatic nitrogens is 3. The van der Waals surface area contributed by atoms with E-state index in [0.717, 1.165) is 16.8 Å². The Bertz CT molecular complexity index is 1030. The Labute approximate surface area is 179 Å². The number of nitrogens with one attached hydrogen (secondary N) is 1. The molecular formula is C22H22ClN5O2. The number of carbonyl (C=O) groups is 2. The van der Waals surface area contributed by atoms with Gasteiger partial charge in [-0.3, -0.25) is 9.59 Å². The zero-order valence-corrected chi connectivity index (χ0v) is 17.1. The van der Waals surface area contributed by atoms with E-state index in [1.165, 1.54) is 17.3 Å². The van der Waals surface area contributed by atoms with Gasteiger partial charge in [0.2, 0.25) is 11.8 Å². The first-order valence-corrected chi connectivity index (χ1v) is 10.2. The highest BCUT2D eigenvalue weighted by Crippen LogP contribution is 2.26. The second kappa shape index (κ2) is 9.09. The van der Waals surface area contributed by atoms with Crippen LogP contribution in [0.3, 0.4) is 0 Å². The number of carbonyl (C=O) groups excluding carboxylic acids is 2. The molecule has 1 aliphatic heterocycles. The average Bonchev–Trinajstić information content (AvgIpc) is 3.27. The minimum absolute atomic E-state index is 0.00594. The molecule has 8 heteroatoms. The Morgan fingerprint density at radius 2 is 1.80 bits per heavy atom. The molecule has 1 fully saturated rings. The van der Waals surface area contributed by atoms with E-state index in [1.807, 2.05) is 48.5 Å². The Balaban J connectivity index is 1.33. The van der Waals surface area contributed by atoms with E-state index in [2.05, 4.69) is 15.4 Å². The molecule has 4 rings (SSSR count). The number of likely N-dealkylation sites (tertiary alicyclic amines) is 1. The average molecular weight is 424 g/mol. The van der Waals surface area contributed by atoms with Crippen LogP contribution in [0.4, 0.5) is 5.69 Å². The van der Waals surface area contributed by atoms with Crippen LogP contribution in [0.5, 0.6) is 0 Å². The van der Waals surface area contributed by atoms with Crippen LogP contribution in [0, 0.1) is 5.92 Å². The Kier molecular flexibility index (Phi) is 6.09. The highest BCUT2D eigenvalue weighted by Gasteiger charge is 2.27. The highest BCUT2D eigenvalue weighted by atomic mass is 35.5. The third kappa shape index (κ3) is 4.86. The SMILES string of the molecule is O=C(Nc1cccc(-c2cccc(Cl)c2)c1)C1CCN(C(=O)Cn2cncn2)CC1. The summed E-state index contributed by atoms with van der Waals surface area (Å²) in [5.74, 6) is -0.134. The van der Waals surface area contributed by atoms with E-state index in [1.54, 1.807) is 4.90 Å². The normalized spacial score (nSPS) is 14.5. The molecule has 1 saturated heterocycles. The van der Waals surface area contributed by atoms with Crippen molar-refractivity contribution in [3.8, 4) is 11.1 Å². The molecule has 0 saturated carbocycles. The van der Waals surface area contributed by atoms with Gasteiger partial charge in [0, 0.05) is 29.7 Å². The van der Waals surface area contributed by atoms with Crippen molar-refractivity contribution in [2.24, 2.45) is 5.92 Å². The lowest BCUT2D eigenvalue weighted by molar-refractivity contribution is -0.135. The van der Waals surface area contributed by atoms with Crippen molar-refractivity contribution in [1.82, 2.24) is 19.7 Å². The second-order valence-electron chi connectivity index (χ2n) is 7.33. The van der Waals surface area contributed by atoms with Crippen molar-refractivity contribution in [2.75, 3.05) is 18.4 Å². The summed E-state index contributed by atoms with van der Waals surface area (Å²) in [5.41, 5.74) is 2.74. The summed E-state index contributed by atoms with van der Waals surface area (Å²) in [6, 6.07) is 15.3. The molecule has 0 unspecified atom stereocenters. The van der Waals surface area contributed by atoms with Crippen molar-refractivity contribution < 1.29 is 9.59 Å². The van der Waals surface area contributed by atoms with Gasteiger partial charge in [-0.25, -0.2) is 9.67 Å². The molecule has 1 N–H and O–H groups in total. The molecule has 30 heavy (non-hydrogen) atoms. The van der Waals surface area contributed by atoms with Gasteiger partial charge in [-0.05, 0) is 48.2 Å². The number of hydrogen-bond acceptors (Lipinski definition) is 4. The molecule has 0 bridgehead atoms. The molecule has 1 aromatic heterocycles. The first kappa shape index (κ1) is 20.1. The lowest BCUT2D eigenvalue weighted by Gasteiger charge is -2.31. The number of amides is 2. The lowest BCUT2D eigenvalue weighted by atomic mass is 9.95. The predicted octanol–water partition coefficient (Wildman–Crippen LogP) is 3.48. The standard InChI is InChI=1S/C22H22ClN5O2/c23-19-5-1-3-17(11-19)18-4-2-6-20(12-18)26-22(30)16-7-9-27(10-8-16)21(29)13-28-15-24-14-25-28/h1-6,11-12,14-16H,7-10,13H2,(H,26,30). The largest absolute Gasteiger partial charge is 0.341 e. The van der Waals surface area contributed by atoms with E-state index in [9.17, 15) is 9.59 Å². The van der Waals surface area contributed by atoms with Crippen LogP contribution in [0.25, 0.3) is 11.1 Å². The van der Waals surface area contributed by atoms with Crippen LogP contribution in [-0.2, 0) is 16.1 Å². The summed E-state index contributed by atoms with van der Waals surface area (Å²) in [5, 5.41) is 7.65. The molecule has 0 atom stereocenters. The monoisotopic (exact) mass is 423 g/mol. The molecule has 3 aromatic rings. The maximum Gasteiger partial charge on any atom is 0.244 e. The number of anilines is 1. The topological polar surface area (TPSA) is 80.1 Å². The van der Waals surface area contributed by atoms with Gasteiger partial charge < -0.3 is 10.2 Å². The Hall–Kier alpha value is -3.19. The smallest absolute Gasteiger partial charge is 0.244 e. The molecule has 1 aliphatic rings. The molecule has 0 radical (unpaired) electrons. The predicted molar refractivity (Wildman–Crippen MR) is 115 cm³/mol. The maximum absolute atomic E-state index is 12.7. The summed E-state index contributed by atoms with van der Waals surface area (Å²) in [6.07, 6.45) is 4.21. The van der Waals surface area contributed by atoms with Crippen molar-refractivity contribution in [3.05, 3.63) is 66.2 Å². The summed E-state index contributed by atoms with van der Waals surface area (Å²) >= 11 is 6.09. The van der Waals surface area contributed by atoms with Gasteiger partial charge >= 0.3 is 0 Å². The van der Waals surface area contributed by atoms with E-state index >= 15 is 0 Å². The fraction of sp³-hybridized carbons (Fsp3) is 0.273. The fourth-order valence-corrected chi connectivity index (χ4v) is 3.82. The van der Waals surface area contributed by atoms with Crippen molar-refractivity contribution in [1.29, 1.82) is 0 Å². The molecular weight excluding hydrogens is 402 g/mol. The minimum atomic E-state index is -0.116. The quantitative estimate of drug-likeness (QED) is 0.681. The zero-order valence-electron chi connectivity index (χ0n) is 16.4. The van der Waals surface area contributed by atoms with E-state index in [-0.39, 0.29) is 24.3 Å². The van der Waals surface area contributed by atoms with Crippen LogP contribution in [0.2, 0.25) is 5.02 Å². The first-order chi connectivity index (χ1) is 14.6. The van der Waals surface area contributed by atoms with Gasteiger partial charge in [-0.2, -0.15) is 5.10 Å². The zero-order chi connectivity index (χ0) is 20.9. The van der Waals surface area contributed by atoms with Crippen LogP contribution in [0.1, 0.15) is 12.8 Å². The molecule has 2 amide bonds. The van der Waals surface area contributed by atoms with E-state index in [4.69, 9.17) is 11.6 Å². The molecule has 154 valence electrons. The van der Waals surface area contributed by atoms with Crippen LogP contribution in [-0.4, -0.2) is 44.6 Å². The summed E-state index contributed by atoms with van der Waals surface area (Å²) in [6.45, 7) is 1.30. The van der Waals surface area contributed by atoms with Crippen molar-refractivity contribution in [3.63, 3.8) is 0 Å². The minimum Gasteiger partial charge on any atom is -0.341 e. The van der Waals surface area contributed by atoms with Crippen LogP contribution in [0.15, 0.2) is 61.2 Å². The number of nitrogens with zero attached hydrogens (tertiary/aromatic N) is 4. The molecule has 0 spiro atoms.